The molecule has 0 saturated carbocycles. The van der Waals surface area contributed by atoms with Gasteiger partial charge in [0.25, 0.3) is 0 Å². The standard InChI is InChI=1S/C17H25NO2/c1-13(2)12-19-10-6-9-18-11-16-14(3)20-17-8-5-4-7-15(16)17/h4-5,7-8,13,18H,6,9-12H2,1-3H3. The van der Waals surface area contributed by atoms with E-state index in [0.29, 0.717) is 5.92 Å². The molecule has 1 N–H and O–H groups in total. The summed E-state index contributed by atoms with van der Waals surface area (Å²) in [5.41, 5.74) is 2.24. The first-order valence-electron chi connectivity index (χ1n) is 7.44. The van der Waals surface area contributed by atoms with Gasteiger partial charge in [0.2, 0.25) is 0 Å². The minimum atomic E-state index is 0.614. The van der Waals surface area contributed by atoms with Crippen molar-refractivity contribution < 1.29 is 9.15 Å². The molecular formula is C17H25NO2. The number of furan rings is 1. The van der Waals surface area contributed by atoms with Crippen LogP contribution >= 0.6 is 0 Å². The minimum Gasteiger partial charge on any atom is -0.461 e. The van der Waals surface area contributed by atoms with Crippen molar-refractivity contribution >= 4 is 11.0 Å². The molecule has 1 aromatic carbocycles. The van der Waals surface area contributed by atoms with Gasteiger partial charge in [-0.3, -0.25) is 0 Å². The Morgan fingerprint density at radius 2 is 2.05 bits per heavy atom. The third kappa shape index (κ3) is 4.09. The topological polar surface area (TPSA) is 34.4 Å². The molecule has 0 saturated heterocycles. The highest BCUT2D eigenvalue weighted by molar-refractivity contribution is 5.82. The van der Waals surface area contributed by atoms with E-state index in [1.807, 2.05) is 19.1 Å². The summed E-state index contributed by atoms with van der Waals surface area (Å²) in [6.07, 6.45) is 1.04. The highest BCUT2D eigenvalue weighted by Crippen LogP contribution is 2.24. The number of hydrogen-bond acceptors (Lipinski definition) is 3. The van der Waals surface area contributed by atoms with Crippen molar-refractivity contribution in [3.8, 4) is 0 Å². The molecule has 0 aliphatic heterocycles. The summed E-state index contributed by atoms with van der Waals surface area (Å²) in [4.78, 5) is 0. The van der Waals surface area contributed by atoms with Gasteiger partial charge in [-0.2, -0.15) is 0 Å². The Morgan fingerprint density at radius 3 is 2.85 bits per heavy atom. The van der Waals surface area contributed by atoms with Crippen LogP contribution in [0.1, 0.15) is 31.6 Å². The van der Waals surface area contributed by atoms with Crippen molar-refractivity contribution in [2.45, 2.75) is 33.7 Å². The Hall–Kier alpha value is -1.32. The van der Waals surface area contributed by atoms with E-state index in [1.54, 1.807) is 0 Å². The predicted molar refractivity (Wildman–Crippen MR) is 82.9 cm³/mol. The van der Waals surface area contributed by atoms with Gasteiger partial charge < -0.3 is 14.5 Å². The summed E-state index contributed by atoms with van der Waals surface area (Å²) in [6, 6.07) is 8.20. The van der Waals surface area contributed by atoms with Crippen LogP contribution < -0.4 is 5.32 Å². The third-order valence-corrected chi connectivity index (χ3v) is 3.30. The maximum Gasteiger partial charge on any atom is 0.134 e. The van der Waals surface area contributed by atoms with Crippen LogP contribution in [-0.2, 0) is 11.3 Å². The Kier molecular flexibility index (Phi) is 5.62. The Labute approximate surface area is 121 Å². The van der Waals surface area contributed by atoms with Crippen LogP contribution in [0.4, 0.5) is 0 Å². The lowest BCUT2D eigenvalue weighted by Crippen LogP contribution is -2.17. The van der Waals surface area contributed by atoms with Crippen LogP contribution in [0.2, 0.25) is 0 Å². The van der Waals surface area contributed by atoms with Crippen LogP contribution in [0.25, 0.3) is 11.0 Å². The van der Waals surface area contributed by atoms with Crippen LogP contribution in [0, 0.1) is 12.8 Å². The van der Waals surface area contributed by atoms with Crippen molar-refractivity contribution in [1.82, 2.24) is 5.32 Å². The number of benzene rings is 1. The molecule has 0 unspecified atom stereocenters. The van der Waals surface area contributed by atoms with Crippen molar-refractivity contribution in [3.05, 3.63) is 35.6 Å². The monoisotopic (exact) mass is 275 g/mol. The molecular weight excluding hydrogens is 250 g/mol. The number of rotatable bonds is 8. The minimum absolute atomic E-state index is 0.614. The van der Waals surface area contributed by atoms with Crippen LogP contribution in [0.15, 0.2) is 28.7 Å². The highest BCUT2D eigenvalue weighted by atomic mass is 16.5. The molecule has 0 radical (unpaired) electrons. The molecule has 0 aliphatic carbocycles. The van der Waals surface area contributed by atoms with Gasteiger partial charge in [0, 0.05) is 30.7 Å². The van der Waals surface area contributed by atoms with E-state index in [1.165, 1.54) is 10.9 Å². The first-order valence-corrected chi connectivity index (χ1v) is 7.44. The summed E-state index contributed by atoms with van der Waals surface area (Å²) >= 11 is 0. The normalized spacial score (nSPS) is 11.6. The maximum atomic E-state index is 5.76. The second-order valence-electron chi connectivity index (χ2n) is 5.63. The van der Waals surface area contributed by atoms with Crippen molar-refractivity contribution in [2.24, 2.45) is 5.92 Å². The molecule has 20 heavy (non-hydrogen) atoms. The zero-order chi connectivity index (χ0) is 14.4. The molecule has 0 atom stereocenters. The molecule has 0 aliphatic rings. The lowest BCUT2D eigenvalue weighted by atomic mass is 10.1. The SMILES string of the molecule is Cc1oc2ccccc2c1CNCCCOCC(C)C. The fourth-order valence-electron chi connectivity index (χ4n) is 2.27. The van der Waals surface area contributed by atoms with Gasteiger partial charge in [-0.05, 0) is 31.9 Å². The molecule has 2 aromatic rings. The summed E-state index contributed by atoms with van der Waals surface area (Å²) in [6.45, 7) is 9.88. The third-order valence-electron chi connectivity index (χ3n) is 3.30. The van der Waals surface area contributed by atoms with Gasteiger partial charge in [-0.1, -0.05) is 32.0 Å². The molecule has 1 aromatic heterocycles. The first-order chi connectivity index (χ1) is 9.68. The second-order valence-corrected chi connectivity index (χ2v) is 5.63. The van der Waals surface area contributed by atoms with E-state index in [2.05, 4.69) is 31.3 Å². The molecule has 3 nitrogen and oxygen atoms in total. The average molecular weight is 275 g/mol. The number of ether oxygens (including phenoxy) is 1. The molecule has 0 bridgehead atoms. The quantitative estimate of drug-likeness (QED) is 0.742. The zero-order valence-electron chi connectivity index (χ0n) is 12.7. The number of para-hydroxylation sites is 1. The van der Waals surface area contributed by atoms with Crippen molar-refractivity contribution in [2.75, 3.05) is 19.8 Å². The zero-order valence-corrected chi connectivity index (χ0v) is 12.7. The van der Waals surface area contributed by atoms with Gasteiger partial charge in [0.1, 0.15) is 11.3 Å². The van der Waals surface area contributed by atoms with E-state index in [-0.39, 0.29) is 0 Å². The van der Waals surface area contributed by atoms with E-state index in [9.17, 15) is 0 Å². The summed E-state index contributed by atoms with van der Waals surface area (Å²) in [7, 11) is 0. The van der Waals surface area contributed by atoms with Gasteiger partial charge in [-0.15, -0.1) is 0 Å². The fraction of sp³-hybridized carbons (Fsp3) is 0.529. The largest absolute Gasteiger partial charge is 0.461 e. The number of hydrogen-bond donors (Lipinski definition) is 1. The Morgan fingerprint density at radius 1 is 1.25 bits per heavy atom. The molecule has 0 spiro atoms. The molecule has 1 heterocycles. The van der Waals surface area contributed by atoms with Crippen molar-refractivity contribution in [1.29, 1.82) is 0 Å². The van der Waals surface area contributed by atoms with Crippen molar-refractivity contribution in [3.63, 3.8) is 0 Å². The summed E-state index contributed by atoms with van der Waals surface area (Å²) in [5.74, 6) is 1.62. The van der Waals surface area contributed by atoms with E-state index in [4.69, 9.17) is 9.15 Å². The first kappa shape index (κ1) is 15.1. The number of aryl methyl sites for hydroxylation is 1. The lowest BCUT2D eigenvalue weighted by molar-refractivity contribution is 0.108. The highest BCUT2D eigenvalue weighted by Gasteiger charge is 2.09. The number of fused-ring (bicyclic) bond motifs is 1. The lowest BCUT2D eigenvalue weighted by Gasteiger charge is -2.07. The van der Waals surface area contributed by atoms with Crippen LogP contribution in [0.3, 0.4) is 0 Å². The molecule has 2 rings (SSSR count). The predicted octanol–water partition coefficient (Wildman–Crippen LogP) is 3.89. The Bertz CT molecular complexity index is 531. The van der Waals surface area contributed by atoms with E-state index < -0.39 is 0 Å². The van der Waals surface area contributed by atoms with Gasteiger partial charge >= 0.3 is 0 Å². The molecule has 0 amide bonds. The molecule has 3 heteroatoms. The second kappa shape index (κ2) is 7.46. The van der Waals surface area contributed by atoms with Crippen LogP contribution in [0.5, 0.6) is 0 Å². The van der Waals surface area contributed by atoms with Crippen LogP contribution in [-0.4, -0.2) is 19.8 Å². The van der Waals surface area contributed by atoms with Gasteiger partial charge in [-0.25, -0.2) is 0 Å². The Balaban J connectivity index is 1.75. The average Bonchev–Trinajstić information content (AvgIpc) is 2.73. The summed E-state index contributed by atoms with van der Waals surface area (Å²) < 4.78 is 11.3. The summed E-state index contributed by atoms with van der Waals surface area (Å²) in [5, 5.41) is 4.69. The molecule has 110 valence electrons. The van der Waals surface area contributed by atoms with Gasteiger partial charge in [0.05, 0.1) is 0 Å². The fourth-order valence-corrected chi connectivity index (χ4v) is 2.27. The smallest absolute Gasteiger partial charge is 0.134 e. The van der Waals surface area contributed by atoms with Gasteiger partial charge in [0.15, 0.2) is 0 Å². The van der Waals surface area contributed by atoms with E-state index >= 15 is 0 Å². The van der Waals surface area contributed by atoms with E-state index in [0.717, 1.165) is 44.1 Å². The molecule has 0 fully saturated rings. The number of nitrogens with one attached hydrogen (secondary N) is 1. The maximum absolute atomic E-state index is 5.76.